The van der Waals surface area contributed by atoms with Crippen molar-refractivity contribution in [3.8, 4) is 11.5 Å². The quantitative estimate of drug-likeness (QED) is 0.0937. The van der Waals surface area contributed by atoms with Crippen LogP contribution in [0.4, 0.5) is 0 Å². The van der Waals surface area contributed by atoms with Gasteiger partial charge in [-0.3, -0.25) is 33.3 Å². The molecule has 2 fully saturated rings. The Morgan fingerprint density at radius 1 is 0.488 bits per heavy atom. The Hall–Kier alpha value is -7.54. The molecular weight excluding hydrogens is 1100 g/mol. The van der Waals surface area contributed by atoms with Crippen molar-refractivity contribution in [1.82, 2.24) is 29.1 Å². The van der Waals surface area contributed by atoms with Crippen molar-refractivity contribution < 1.29 is 58.4 Å². The summed E-state index contributed by atoms with van der Waals surface area (Å²) < 4.78 is 9.98. The molecule has 4 aromatic rings. The van der Waals surface area contributed by atoms with Gasteiger partial charge >= 0.3 is 11.9 Å². The Bertz CT molecular complexity index is 2390. The van der Waals surface area contributed by atoms with Crippen molar-refractivity contribution in [3.05, 3.63) is 130 Å². The van der Waals surface area contributed by atoms with Crippen molar-refractivity contribution in [1.29, 1.82) is 0 Å². The van der Waals surface area contributed by atoms with Gasteiger partial charge in [0.15, 0.2) is 17.2 Å². The van der Waals surface area contributed by atoms with Gasteiger partial charge in [0, 0.05) is 65.2 Å². The van der Waals surface area contributed by atoms with Crippen LogP contribution >= 0.6 is 0 Å². The van der Waals surface area contributed by atoms with Crippen LogP contribution < -0.4 is 5.56 Å². The van der Waals surface area contributed by atoms with Gasteiger partial charge in [0.05, 0.1) is 31.9 Å². The molecule has 0 saturated carbocycles. The zero-order valence-electron chi connectivity index (χ0n) is 55.3. The Kier molecular flexibility index (Phi) is 53.7. The fourth-order valence-electron chi connectivity index (χ4n) is 8.18. The van der Waals surface area contributed by atoms with Crippen LogP contribution in [0.25, 0.3) is 0 Å². The predicted molar refractivity (Wildman–Crippen MR) is 347 cm³/mol. The first kappa shape index (κ1) is 87.2. The van der Waals surface area contributed by atoms with E-state index in [1.165, 1.54) is 23.3 Å². The molecule has 0 bridgehead atoms. The van der Waals surface area contributed by atoms with Gasteiger partial charge in [0.2, 0.25) is 23.6 Å². The number of aliphatic hydroxyl groups excluding tert-OH is 1. The second-order valence-corrected chi connectivity index (χ2v) is 16.8. The van der Waals surface area contributed by atoms with Crippen molar-refractivity contribution in [3.63, 3.8) is 0 Å². The van der Waals surface area contributed by atoms with Crippen molar-refractivity contribution in [2.75, 3.05) is 52.5 Å². The number of piperazine rings is 2. The highest BCUT2D eigenvalue weighted by molar-refractivity contribution is 6.29. The molecule has 4 heterocycles. The number of esters is 2. The van der Waals surface area contributed by atoms with Crippen LogP contribution in [0.2, 0.25) is 0 Å². The zero-order chi connectivity index (χ0) is 66.2. The summed E-state index contributed by atoms with van der Waals surface area (Å²) in [5.41, 5.74) is 2.52. The fourth-order valence-corrected chi connectivity index (χ4v) is 8.18. The highest BCUT2D eigenvalue weighted by atomic mass is 16.6. The number of nitrogens with zero attached hydrogens (tertiary/aromatic N) is 6. The maximum atomic E-state index is 12.7. The third-order valence-electron chi connectivity index (χ3n) is 11.9. The lowest BCUT2D eigenvalue weighted by atomic mass is 10.1. The molecule has 0 spiro atoms. The van der Waals surface area contributed by atoms with E-state index in [1.54, 1.807) is 28.5 Å². The summed E-state index contributed by atoms with van der Waals surface area (Å²) in [6.07, 6.45) is 1.51. The normalized spacial score (nSPS) is 14.8. The highest BCUT2D eigenvalue weighted by Crippen LogP contribution is 2.34. The third kappa shape index (κ3) is 30.0. The van der Waals surface area contributed by atoms with Crippen LogP contribution in [0, 0.1) is 0 Å². The number of aromatic nitrogens is 1. The molecule has 3 aliphatic heterocycles. The average Bonchev–Trinajstić information content (AvgIpc) is 1.43. The Labute approximate surface area is 517 Å². The van der Waals surface area contributed by atoms with Crippen LogP contribution in [0.3, 0.4) is 0 Å². The lowest BCUT2D eigenvalue weighted by Gasteiger charge is -2.40. The maximum absolute atomic E-state index is 12.7. The molecule has 19 heteroatoms. The van der Waals surface area contributed by atoms with Gasteiger partial charge in [-0.15, -0.1) is 0 Å². The van der Waals surface area contributed by atoms with Crippen molar-refractivity contribution in [2.45, 2.75) is 197 Å². The number of ether oxygens (including phenoxy) is 2. The SMILES string of the molecule is C.CC.CC.CC.CC.CC.CC.CC.CC(=O)N1CC(=O)N(Cc2ccccc2)CC1CO.CCC1CN(Cc2ccccc2)C(=O)CN1C(C)=O.CCC1CN(Cc2ccccc2)C(=O)c2c(O)c(O)cc(=O)n21.CCOC(=O)C(=O)OCC. The van der Waals surface area contributed by atoms with Crippen LogP contribution in [-0.2, 0) is 57.9 Å². The summed E-state index contributed by atoms with van der Waals surface area (Å²) in [5.74, 6) is -3.64. The van der Waals surface area contributed by atoms with Gasteiger partial charge < -0.3 is 49.3 Å². The Morgan fingerprint density at radius 2 is 0.802 bits per heavy atom. The first-order valence-corrected chi connectivity index (χ1v) is 30.6. The number of carbonyl (C=O) groups excluding carboxylic acids is 7. The summed E-state index contributed by atoms with van der Waals surface area (Å²) in [6, 6.07) is 29.7. The molecule has 0 aliphatic carbocycles. The lowest BCUT2D eigenvalue weighted by molar-refractivity contribution is -0.167. The third-order valence-corrected chi connectivity index (χ3v) is 11.9. The van der Waals surface area contributed by atoms with Crippen LogP contribution in [-0.4, -0.2) is 150 Å². The number of pyridine rings is 1. The van der Waals surface area contributed by atoms with E-state index in [4.69, 9.17) is 0 Å². The average molecular weight is 1210 g/mol. The van der Waals surface area contributed by atoms with Crippen LogP contribution in [0.5, 0.6) is 11.5 Å². The maximum Gasteiger partial charge on any atom is 0.417 e. The lowest BCUT2D eigenvalue weighted by Crippen LogP contribution is -2.58. The molecule has 5 amide bonds. The fraction of sp³-hybridized carbons (Fsp3) is 0.552. The van der Waals surface area contributed by atoms with E-state index < -0.39 is 34.9 Å². The number of hydrogen-bond acceptors (Lipinski definition) is 13. The summed E-state index contributed by atoms with van der Waals surface area (Å²) in [6.45, 7) is 41.6. The van der Waals surface area contributed by atoms with E-state index in [0.29, 0.717) is 45.7 Å². The molecule has 1 aromatic heterocycles. The van der Waals surface area contributed by atoms with Crippen molar-refractivity contribution in [2.24, 2.45) is 0 Å². The van der Waals surface area contributed by atoms with Crippen molar-refractivity contribution >= 4 is 41.5 Å². The molecule has 3 aromatic carbocycles. The molecule has 86 heavy (non-hydrogen) atoms. The van der Waals surface area contributed by atoms with Crippen LogP contribution in [0.15, 0.2) is 102 Å². The van der Waals surface area contributed by atoms with Gasteiger partial charge in [-0.25, -0.2) is 9.59 Å². The summed E-state index contributed by atoms with van der Waals surface area (Å²) in [7, 11) is 0. The largest absolute Gasteiger partial charge is 0.504 e. The second kappa shape index (κ2) is 53.0. The zero-order valence-corrected chi connectivity index (χ0v) is 55.3. The van der Waals surface area contributed by atoms with E-state index in [9.17, 15) is 53.7 Å². The molecule has 3 unspecified atom stereocenters. The number of aliphatic hydroxyl groups is 1. The number of aromatic hydroxyl groups is 2. The number of fused-ring (bicyclic) bond motifs is 1. The minimum absolute atomic E-state index is 0. The Balaban J connectivity index is -0.000000323. The van der Waals surface area contributed by atoms with Gasteiger partial charge in [-0.1, -0.05) is 209 Å². The van der Waals surface area contributed by atoms with Crippen LogP contribution in [0.1, 0.15) is 192 Å². The topological polar surface area (TPSA) is 237 Å². The smallest absolute Gasteiger partial charge is 0.417 e. The van der Waals surface area contributed by atoms with E-state index in [1.807, 2.05) is 200 Å². The first-order chi connectivity index (χ1) is 41.0. The predicted octanol–water partition coefficient (Wildman–Crippen LogP) is 11.7. The molecule has 3 atom stereocenters. The number of hydrogen-bond donors (Lipinski definition) is 3. The molecular formula is C67H112N6O13. The highest BCUT2D eigenvalue weighted by Gasteiger charge is 2.36. The molecule has 488 valence electrons. The minimum Gasteiger partial charge on any atom is -0.504 e. The van der Waals surface area contributed by atoms with Gasteiger partial charge in [0.25, 0.3) is 11.5 Å². The Morgan fingerprint density at radius 3 is 1.12 bits per heavy atom. The molecule has 2 saturated heterocycles. The number of rotatable bonds is 11. The summed E-state index contributed by atoms with van der Waals surface area (Å²) >= 11 is 0. The van der Waals surface area contributed by atoms with Gasteiger partial charge in [-0.2, -0.15) is 0 Å². The van der Waals surface area contributed by atoms with E-state index in [0.717, 1.165) is 29.2 Å². The minimum atomic E-state index is -0.927. The number of carbonyl (C=O) groups is 7. The standard InChI is InChI=1S/C17H18N2O4.C15H20N2O2.C14H18N2O3.C6H10O4.7C2H6.CH4/c1-2-12-10-18(9-11-6-4-3-5-7-11)17(23)15-16(22)13(20)8-14(21)19(12)15;1-3-14-10-16(9-13-7-5-4-6-8-13)15(19)11-17(14)12(2)18;1-11(18)16-9-14(19)15(8-13(16)10-17)7-12-5-3-2-4-6-12;1-3-9-5(7)6(8)10-4-2;7*1-2;/h3-8,12,20,22H,2,9-10H2,1H3;4-8,14H,3,9-11H2,1-2H3;2-6,13,17H,7-10H2,1H3;3-4H2,1-2H3;7*1-2H3;1H4. The van der Waals surface area contributed by atoms with Gasteiger partial charge in [0.1, 0.15) is 13.1 Å². The first-order valence-electron chi connectivity index (χ1n) is 30.6. The summed E-state index contributed by atoms with van der Waals surface area (Å²) in [5, 5.41) is 29.1. The monoisotopic (exact) mass is 1210 g/mol. The van der Waals surface area contributed by atoms with E-state index in [-0.39, 0.29) is 87.8 Å². The number of benzene rings is 3. The second-order valence-electron chi connectivity index (χ2n) is 16.8. The molecule has 3 N–H and O–H groups in total. The van der Waals surface area contributed by atoms with Gasteiger partial charge in [-0.05, 0) is 43.4 Å². The molecule has 7 rings (SSSR count). The van der Waals surface area contributed by atoms with E-state index >= 15 is 0 Å². The molecule has 3 aliphatic rings. The van der Waals surface area contributed by atoms with E-state index in [2.05, 4.69) is 16.4 Å². The number of amides is 5. The molecule has 0 radical (unpaired) electrons. The summed E-state index contributed by atoms with van der Waals surface area (Å²) in [4.78, 5) is 101. The molecule has 19 nitrogen and oxygen atoms in total.